The van der Waals surface area contributed by atoms with Gasteiger partial charge in [-0.3, -0.25) is 0 Å². The summed E-state index contributed by atoms with van der Waals surface area (Å²) >= 11 is 0. The molecule has 2 heteroatoms. The molecule has 0 radical (unpaired) electrons. The minimum Gasteiger partial charge on any atom is -0.493 e. The molecule has 0 fully saturated rings. The smallest absolute Gasteiger partial charge is 0.122 e. The SMILES string of the molecule is Cc1ccc(C)c(OCCc2ccc(CN)cc2)c1. The summed E-state index contributed by atoms with van der Waals surface area (Å²) in [7, 11) is 0. The van der Waals surface area contributed by atoms with E-state index < -0.39 is 0 Å². The topological polar surface area (TPSA) is 35.2 Å². The first-order valence-corrected chi connectivity index (χ1v) is 6.67. The Morgan fingerprint density at radius 3 is 2.32 bits per heavy atom. The lowest BCUT2D eigenvalue weighted by molar-refractivity contribution is 0.319. The van der Waals surface area contributed by atoms with Crippen molar-refractivity contribution in [3.05, 3.63) is 64.7 Å². The van der Waals surface area contributed by atoms with E-state index in [2.05, 4.69) is 56.3 Å². The zero-order chi connectivity index (χ0) is 13.7. The van der Waals surface area contributed by atoms with Gasteiger partial charge in [0, 0.05) is 13.0 Å². The van der Waals surface area contributed by atoms with E-state index in [1.165, 1.54) is 22.3 Å². The molecule has 2 nitrogen and oxygen atoms in total. The van der Waals surface area contributed by atoms with Crippen LogP contribution in [0.15, 0.2) is 42.5 Å². The molecular weight excluding hydrogens is 234 g/mol. The lowest BCUT2D eigenvalue weighted by Gasteiger charge is -2.10. The third-order valence-corrected chi connectivity index (χ3v) is 3.25. The van der Waals surface area contributed by atoms with Crippen LogP contribution in [0.3, 0.4) is 0 Å². The van der Waals surface area contributed by atoms with Gasteiger partial charge in [-0.1, -0.05) is 36.4 Å². The molecule has 2 aromatic rings. The van der Waals surface area contributed by atoms with Crippen LogP contribution in [-0.4, -0.2) is 6.61 Å². The van der Waals surface area contributed by atoms with Gasteiger partial charge in [-0.05, 0) is 42.2 Å². The summed E-state index contributed by atoms with van der Waals surface area (Å²) in [6.07, 6.45) is 0.915. The molecule has 0 saturated heterocycles. The lowest BCUT2D eigenvalue weighted by Crippen LogP contribution is -2.03. The summed E-state index contributed by atoms with van der Waals surface area (Å²) in [5, 5.41) is 0. The molecule has 0 heterocycles. The van der Waals surface area contributed by atoms with Crippen LogP contribution in [0.1, 0.15) is 22.3 Å². The molecule has 100 valence electrons. The van der Waals surface area contributed by atoms with E-state index in [1.54, 1.807) is 0 Å². The Kier molecular flexibility index (Phi) is 4.58. The van der Waals surface area contributed by atoms with Crippen LogP contribution in [0.25, 0.3) is 0 Å². The van der Waals surface area contributed by atoms with Gasteiger partial charge in [0.05, 0.1) is 6.61 Å². The molecule has 0 amide bonds. The molecule has 0 spiro atoms. The van der Waals surface area contributed by atoms with Crippen molar-refractivity contribution in [2.75, 3.05) is 6.61 Å². The Hall–Kier alpha value is -1.80. The molecule has 0 aliphatic rings. The van der Waals surface area contributed by atoms with Gasteiger partial charge in [0.2, 0.25) is 0 Å². The Balaban J connectivity index is 1.90. The van der Waals surface area contributed by atoms with Gasteiger partial charge in [-0.15, -0.1) is 0 Å². The zero-order valence-corrected chi connectivity index (χ0v) is 11.6. The second-order valence-electron chi connectivity index (χ2n) is 4.89. The van der Waals surface area contributed by atoms with Crippen molar-refractivity contribution in [2.24, 2.45) is 5.73 Å². The van der Waals surface area contributed by atoms with Gasteiger partial charge in [-0.2, -0.15) is 0 Å². The molecule has 0 unspecified atom stereocenters. The van der Waals surface area contributed by atoms with Gasteiger partial charge in [0.1, 0.15) is 5.75 Å². The summed E-state index contributed by atoms with van der Waals surface area (Å²) in [6, 6.07) is 14.7. The Labute approximate surface area is 115 Å². The largest absolute Gasteiger partial charge is 0.493 e. The third-order valence-electron chi connectivity index (χ3n) is 3.25. The fourth-order valence-corrected chi connectivity index (χ4v) is 1.98. The van der Waals surface area contributed by atoms with Crippen LogP contribution in [0.2, 0.25) is 0 Å². The molecule has 0 aliphatic carbocycles. The third kappa shape index (κ3) is 3.83. The number of hydrogen-bond donors (Lipinski definition) is 1. The predicted octanol–water partition coefficient (Wildman–Crippen LogP) is 3.38. The van der Waals surface area contributed by atoms with E-state index in [0.29, 0.717) is 13.2 Å². The van der Waals surface area contributed by atoms with E-state index in [-0.39, 0.29) is 0 Å². The van der Waals surface area contributed by atoms with Crippen LogP contribution in [0.5, 0.6) is 5.75 Å². The standard InChI is InChI=1S/C17H21NO/c1-13-3-4-14(2)17(11-13)19-10-9-15-5-7-16(12-18)8-6-15/h3-8,11H,9-10,12,18H2,1-2H3. The molecule has 2 aromatic carbocycles. The predicted molar refractivity (Wildman–Crippen MR) is 79.4 cm³/mol. The monoisotopic (exact) mass is 255 g/mol. The first-order valence-electron chi connectivity index (χ1n) is 6.67. The van der Waals surface area contributed by atoms with Gasteiger partial charge < -0.3 is 10.5 Å². The Morgan fingerprint density at radius 1 is 0.947 bits per heavy atom. The van der Waals surface area contributed by atoms with Gasteiger partial charge in [-0.25, -0.2) is 0 Å². The van der Waals surface area contributed by atoms with E-state index in [4.69, 9.17) is 10.5 Å². The first-order chi connectivity index (χ1) is 9.19. The average Bonchev–Trinajstić information content (AvgIpc) is 2.43. The van der Waals surface area contributed by atoms with E-state index >= 15 is 0 Å². The first kappa shape index (κ1) is 13.6. The molecule has 19 heavy (non-hydrogen) atoms. The lowest BCUT2D eigenvalue weighted by atomic mass is 10.1. The fraction of sp³-hybridized carbons (Fsp3) is 0.294. The minimum atomic E-state index is 0.596. The number of rotatable bonds is 5. The summed E-state index contributed by atoms with van der Waals surface area (Å²) in [4.78, 5) is 0. The molecule has 0 aliphatic heterocycles. The van der Waals surface area contributed by atoms with Crippen molar-refractivity contribution in [2.45, 2.75) is 26.8 Å². The second kappa shape index (κ2) is 6.39. The van der Waals surface area contributed by atoms with E-state index in [1.807, 2.05) is 0 Å². The van der Waals surface area contributed by atoms with Crippen molar-refractivity contribution in [3.63, 3.8) is 0 Å². The van der Waals surface area contributed by atoms with Gasteiger partial charge in [0.15, 0.2) is 0 Å². The molecular formula is C17H21NO. The van der Waals surface area contributed by atoms with Crippen molar-refractivity contribution < 1.29 is 4.74 Å². The minimum absolute atomic E-state index is 0.596. The van der Waals surface area contributed by atoms with Crippen LogP contribution >= 0.6 is 0 Å². The Morgan fingerprint density at radius 2 is 1.63 bits per heavy atom. The highest BCUT2D eigenvalue weighted by Gasteiger charge is 2.00. The summed E-state index contributed by atoms with van der Waals surface area (Å²) < 4.78 is 5.85. The average molecular weight is 255 g/mol. The van der Waals surface area contributed by atoms with Crippen molar-refractivity contribution in [1.29, 1.82) is 0 Å². The van der Waals surface area contributed by atoms with Gasteiger partial charge >= 0.3 is 0 Å². The highest BCUT2D eigenvalue weighted by Crippen LogP contribution is 2.19. The van der Waals surface area contributed by atoms with Crippen LogP contribution in [0, 0.1) is 13.8 Å². The van der Waals surface area contributed by atoms with Crippen LogP contribution in [0.4, 0.5) is 0 Å². The Bertz CT molecular complexity index is 531. The quantitative estimate of drug-likeness (QED) is 0.889. The molecule has 0 aromatic heterocycles. The zero-order valence-electron chi connectivity index (χ0n) is 11.6. The maximum absolute atomic E-state index is 5.85. The maximum Gasteiger partial charge on any atom is 0.122 e. The van der Waals surface area contributed by atoms with Gasteiger partial charge in [0.25, 0.3) is 0 Å². The highest BCUT2D eigenvalue weighted by atomic mass is 16.5. The van der Waals surface area contributed by atoms with E-state index in [9.17, 15) is 0 Å². The van der Waals surface area contributed by atoms with Crippen LogP contribution in [-0.2, 0) is 13.0 Å². The molecule has 0 atom stereocenters. The molecule has 0 saturated carbocycles. The summed E-state index contributed by atoms with van der Waals surface area (Å²) in [5.74, 6) is 0.985. The number of nitrogens with two attached hydrogens (primary N) is 1. The number of benzene rings is 2. The summed E-state index contributed by atoms with van der Waals surface area (Å²) in [5.41, 5.74) is 10.4. The molecule has 2 N–H and O–H groups in total. The number of ether oxygens (including phenoxy) is 1. The van der Waals surface area contributed by atoms with Crippen molar-refractivity contribution in [1.82, 2.24) is 0 Å². The van der Waals surface area contributed by atoms with Crippen LogP contribution < -0.4 is 10.5 Å². The normalized spacial score (nSPS) is 10.5. The number of aryl methyl sites for hydroxylation is 2. The second-order valence-corrected chi connectivity index (χ2v) is 4.89. The van der Waals surface area contributed by atoms with Crippen molar-refractivity contribution in [3.8, 4) is 5.75 Å². The van der Waals surface area contributed by atoms with Crippen molar-refractivity contribution >= 4 is 0 Å². The fourth-order valence-electron chi connectivity index (χ4n) is 1.98. The highest BCUT2D eigenvalue weighted by molar-refractivity contribution is 5.36. The van der Waals surface area contributed by atoms with E-state index in [0.717, 1.165) is 12.2 Å². The summed E-state index contributed by atoms with van der Waals surface area (Å²) in [6.45, 7) is 5.45. The molecule has 0 bridgehead atoms. The molecule has 2 rings (SSSR count). The number of hydrogen-bond acceptors (Lipinski definition) is 2. The maximum atomic E-state index is 5.85.